The van der Waals surface area contributed by atoms with Crippen molar-refractivity contribution >= 4 is 0 Å². The summed E-state index contributed by atoms with van der Waals surface area (Å²) in [6, 6.07) is 0. The van der Waals surface area contributed by atoms with Gasteiger partial charge in [0, 0.05) is 21.7 Å². The van der Waals surface area contributed by atoms with Gasteiger partial charge in [-0.1, -0.05) is 0 Å². The van der Waals surface area contributed by atoms with E-state index in [1.54, 1.807) is 0 Å². The maximum absolute atomic E-state index is 5.38. The molecule has 0 bridgehead atoms. The zero-order valence-electron chi connectivity index (χ0n) is 11.7. The molecule has 19 heavy (non-hydrogen) atoms. The molecule has 0 amide bonds. The van der Waals surface area contributed by atoms with Gasteiger partial charge in [0.15, 0.2) is 0 Å². The Balaban J connectivity index is -0.0000000845. The minimum atomic E-state index is 0. The van der Waals surface area contributed by atoms with E-state index >= 15 is 0 Å². The molecule has 0 saturated carbocycles. The van der Waals surface area contributed by atoms with E-state index in [0.29, 0.717) is 0 Å². The molecule has 0 radical (unpaired) electrons. The van der Waals surface area contributed by atoms with E-state index < -0.39 is 0 Å². The second-order valence-electron chi connectivity index (χ2n) is 3.49. The number of unbranched alkanes of at least 4 members (excludes halogenated alkanes) is 1. The number of rotatable bonds is 11. The van der Waals surface area contributed by atoms with E-state index in [1.807, 2.05) is 0 Å². The fourth-order valence-corrected chi connectivity index (χ4v) is 1.20. The molecular formula is C10H34N4O4Ti. The van der Waals surface area contributed by atoms with E-state index in [1.165, 1.54) is 12.8 Å². The van der Waals surface area contributed by atoms with Crippen molar-refractivity contribution in [3.63, 3.8) is 0 Å². The fraction of sp³-hybridized carbons (Fsp3) is 1.00. The summed E-state index contributed by atoms with van der Waals surface area (Å²) in [5.74, 6) is 0. The normalized spacial score (nSPS) is 7.89. The Hall–Kier alpha value is 0.394. The first-order valence-electron chi connectivity index (χ1n) is 5.73. The predicted octanol–water partition coefficient (Wildman–Crippen LogP) is -3.66. The molecule has 0 fully saturated rings. The first-order chi connectivity index (χ1) is 6.91. The summed E-state index contributed by atoms with van der Waals surface area (Å²) in [7, 11) is 0. The van der Waals surface area contributed by atoms with Crippen molar-refractivity contribution in [2.45, 2.75) is 25.7 Å². The Kier molecular flexibility index (Phi) is 69.7. The molecule has 0 spiro atoms. The van der Waals surface area contributed by atoms with Crippen LogP contribution in [0.3, 0.4) is 0 Å². The third-order valence-corrected chi connectivity index (χ3v) is 2.07. The second kappa shape index (κ2) is 36.2. The summed E-state index contributed by atoms with van der Waals surface area (Å²) in [6.45, 7) is 5.90. The monoisotopic (exact) mass is 322 g/mol. The van der Waals surface area contributed by atoms with Gasteiger partial charge in [0.1, 0.15) is 0 Å². The number of hydrogen-bond donors (Lipinski definition) is 4. The predicted molar refractivity (Wildman–Crippen MR) is 76.8 cm³/mol. The van der Waals surface area contributed by atoms with E-state index in [0.717, 1.165) is 52.1 Å². The van der Waals surface area contributed by atoms with Gasteiger partial charge in [-0.3, -0.25) is 0 Å². The second-order valence-corrected chi connectivity index (χ2v) is 3.49. The van der Waals surface area contributed by atoms with Gasteiger partial charge < -0.3 is 44.0 Å². The smallest absolute Gasteiger partial charge is 0 e. The molecule has 0 rings (SSSR count). The summed E-state index contributed by atoms with van der Waals surface area (Å²) in [5.41, 5.74) is 10.8. The molecule has 0 aliphatic carbocycles. The summed E-state index contributed by atoms with van der Waals surface area (Å²) in [4.78, 5) is 0. The van der Waals surface area contributed by atoms with Crippen molar-refractivity contribution in [3.8, 4) is 0 Å². The van der Waals surface area contributed by atoms with Crippen molar-refractivity contribution < 1.29 is 43.6 Å². The summed E-state index contributed by atoms with van der Waals surface area (Å²) in [5, 5.41) is 6.72. The minimum Gasteiger partial charge on any atom is -0.412 e. The van der Waals surface area contributed by atoms with Crippen molar-refractivity contribution in [3.05, 3.63) is 0 Å². The molecule has 0 aromatic carbocycles. The van der Waals surface area contributed by atoms with Crippen LogP contribution in [0.2, 0.25) is 0 Å². The van der Waals surface area contributed by atoms with Gasteiger partial charge in [-0.25, -0.2) is 0 Å². The zero-order valence-corrected chi connectivity index (χ0v) is 13.3. The molecular weight excluding hydrogens is 288 g/mol. The Morgan fingerprint density at radius 1 is 0.526 bits per heavy atom. The van der Waals surface area contributed by atoms with Crippen LogP contribution in [0.25, 0.3) is 0 Å². The van der Waals surface area contributed by atoms with Crippen LogP contribution in [0.5, 0.6) is 0 Å². The zero-order chi connectivity index (χ0) is 10.5. The molecule has 122 valence electrons. The van der Waals surface area contributed by atoms with Crippen LogP contribution in [0.1, 0.15) is 25.7 Å². The molecule has 0 aliphatic heterocycles. The van der Waals surface area contributed by atoms with Crippen LogP contribution in [-0.4, -0.2) is 61.2 Å². The first kappa shape index (κ1) is 36.6. The van der Waals surface area contributed by atoms with E-state index in [9.17, 15) is 0 Å². The van der Waals surface area contributed by atoms with Crippen molar-refractivity contribution in [2.75, 3.05) is 39.3 Å². The number of nitrogens with two attached hydrogens (primary N) is 2. The van der Waals surface area contributed by atoms with Crippen LogP contribution in [-0.2, 0) is 21.7 Å². The largest absolute Gasteiger partial charge is 0.412 e. The van der Waals surface area contributed by atoms with Gasteiger partial charge in [-0.05, 0) is 65.0 Å². The Morgan fingerprint density at radius 3 is 1.05 bits per heavy atom. The Labute approximate surface area is 131 Å². The van der Waals surface area contributed by atoms with E-state index in [2.05, 4.69) is 10.6 Å². The fourth-order valence-electron chi connectivity index (χ4n) is 1.20. The van der Waals surface area contributed by atoms with Crippen LogP contribution in [0, 0.1) is 0 Å². The van der Waals surface area contributed by atoms with Gasteiger partial charge in [0.05, 0.1) is 0 Å². The Bertz CT molecular complexity index is 106. The average Bonchev–Trinajstić information content (AvgIpc) is 2.21. The third kappa shape index (κ3) is 38.1. The summed E-state index contributed by atoms with van der Waals surface area (Å²) < 4.78 is 0. The van der Waals surface area contributed by atoms with Crippen molar-refractivity contribution in [1.82, 2.24) is 10.6 Å². The van der Waals surface area contributed by atoms with Gasteiger partial charge in [0.2, 0.25) is 0 Å². The number of hydrogen-bond acceptors (Lipinski definition) is 4. The Morgan fingerprint density at radius 2 is 0.789 bits per heavy atom. The molecule has 0 aromatic heterocycles. The van der Waals surface area contributed by atoms with Gasteiger partial charge in [0.25, 0.3) is 0 Å². The van der Waals surface area contributed by atoms with E-state index in [-0.39, 0.29) is 43.6 Å². The van der Waals surface area contributed by atoms with Gasteiger partial charge >= 0.3 is 0 Å². The van der Waals surface area contributed by atoms with Crippen molar-refractivity contribution in [2.24, 2.45) is 11.5 Å². The topological polar surface area (TPSA) is 202 Å². The molecule has 0 aliphatic rings. The molecule has 9 heteroatoms. The van der Waals surface area contributed by atoms with Crippen molar-refractivity contribution in [1.29, 1.82) is 0 Å². The van der Waals surface area contributed by atoms with Gasteiger partial charge in [-0.15, -0.1) is 0 Å². The minimum absolute atomic E-state index is 0. The van der Waals surface area contributed by atoms with E-state index in [4.69, 9.17) is 11.5 Å². The average molecular weight is 322 g/mol. The molecule has 14 N–H and O–H groups in total. The standard InChI is InChI=1S/C10H26N4.4H2O.Ti/c11-5-3-9-13-7-1-2-8-14-10-4-6-12;;;;;/h13-14H,1-12H2;4*1H2;. The molecule has 0 saturated heterocycles. The maximum Gasteiger partial charge on any atom is 0 e. The summed E-state index contributed by atoms with van der Waals surface area (Å²) in [6.07, 6.45) is 4.63. The molecule has 0 unspecified atom stereocenters. The molecule has 0 atom stereocenters. The third-order valence-electron chi connectivity index (χ3n) is 2.07. The van der Waals surface area contributed by atoms with Crippen LogP contribution in [0.15, 0.2) is 0 Å². The molecule has 8 nitrogen and oxygen atoms in total. The maximum atomic E-state index is 5.38. The number of nitrogens with one attached hydrogen (secondary N) is 2. The van der Waals surface area contributed by atoms with Crippen LogP contribution < -0.4 is 22.1 Å². The summed E-state index contributed by atoms with van der Waals surface area (Å²) >= 11 is 0. The van der Waals surface area contributed by atoms with Gasteiger partial charge in [-0.2, -0.15) is 0 Å². The molecule has 0 aromatic rings. The SMILES string of the molecule is NCCCNCCCCNCCCN.O.O.O.O.[Ti]. The molecule has 0 heterocycles. The van der Waals surface area contributed by atoms with Crippen LogP contribution in [0.4, 0.5) is 0 Å². The quantitative estimate of drug-likeness (QED) is 0.224. The first-order valence-corrected chi connectivity index (χ1v) is 5.73. The van der Waals surface area contributed by atoms with Crippen LogP contribution >= 0.6 is 0 Å².